The number of Topliss-reactive ketones (excluding diaryl/α,β-unsaturated/α-hetero) is 1. The van der Waals surface area contributed by atoms with Gasteiger partial charge in [0.15, 0.2) is 12.4 Å². The fourth-order valence-corrected chi connectivity index (χ4v) is 4.87. The van der Waals surface area contributed by atoms with E-state index in [0.717, 1.165) is 24.8 Å². The van der Waals surface area contributed by atoms with Crippen LogP contribution in [0, 0.1) is 30.6 Å². The van der Waals surface area contributed by atoms with Crippen molar-refractivity contribution < 1.29 is 19.1 Å². The van der Waals surface area contributed by atoms with Crippen molar-refractivity contribution in [2.45, 2.75) is 26.2 Å². The molecule has 1 amide bonds. The number of ketones is 1. The van der Waals surface area contributed by atoms with E-state index in [0.29, 0.717) is 11.3 Å². The van der Waals surface area contributed by atoms with Gasteiger partial charge in [-0.25, -0.2) is 0 Å². The number of rotatable bonds is 6. The minimum atomic E-state index is -0.450. The number of fused-ring (bicyclic) bond motifs is 2. The number of anilines is 1. The lowest BCUT2D eigenvalue weighted by molar-refractivity contribution is -0.154. The summed E-state index contributed by atoms with van der Waals surface area (Å²) in [6.45, 7) is 1.63. The molecule has 2 bridgehead atoms. The highest BCUT2D eigenvalue weighted by Crippen LogP contribution is 2.53. The number of ether oxygens (including phenoxy) is 1. The van der Waals surface area contributed by atoms with Crippen LogP contribution in [-0.2, 0) is 14.3 Å². The van der Waals surface area contributed by atoms with E-state index in [1.807, 2.05) is 37.3 Å². The number of nitrogens with one attached hydrogen (secondary N) is 1. The fourth-order valence-electron chi connectivity index (χ4n) is 4.87. The molecule has 29 heavy (non-hydrogen) atoms. The average molecular weight is 391 g/mol. The summed E-state index contributed by atoms with van der Waals surface area (Å²) in [7, 11) is 0. The summed E-state index contributed by atoms with van der Waals surface area (Å²) in [5.41, 5.74) is 2.40. The average Bonchev–Trinajstić information content (AvgIpc) is 3.35. The van der Waals surface area contributed by atoms with Crippen molar-refractivity contribution in [3.05, 3.63) is 65.7 Å². The molecule has 2 aromatic carbocycles. The summed E-state index contributed by atoms with van der Waals surface area (Å²) < 4.78 is 5.35. The first-order valence-corrected chi connectivity index (χ1v) is 10.2. The topological polar surface area (TPSA) is 72.5 Å². The Hall–Kier alpha value is -2.95. The minimum Gasteiger partial charge on any atom is -0.455 e. The van der Waals surface area contributed by atoms with E-state index in [9.17, 15) is 14.4 Å². The normalized spacial score (nSPS) is 24.9. The lowest BCUT2D eigenvalue weighted by Gasteiger charge is -2.28. The van der Waals surface area contributed by atoms with E-state index in [2.05, 4.69) is 5.32 Å². The zero-order valence-electron chi connectivity index (χ0n) is 16.5. The number of carbonyl (C=O) groups excluding carboxylic acids is 3. The maximum atomic E-state index is 13.1. The summed E-state index contributed by atoms with van der Waals surface area (Å²) >= 11 is 0. The molecule has 0 spiro atoms. The highest BCUT2D eigenvalue weighted by Gasteiger charge is 2.54. The van der Waals surface area contributed by atoms with Crippen LogP contribution in [0.25, 0.3) is 0 Å². The third-order valence-corrected chi connectivity index (χ3v) is 6.23. The van der Waals surface area contributed by atoms with E-state index >= 15 is 0 Å². The standard InChI is InChI=1S/C24H25NO4/c1-15-7-11-19(12-8-15)25-20(26)14-29-24(28)22-18-10-9-17(13-18)21(22)23(27)16-5-3-2-4-6-16/h2-8,11-12,17-18,21-22H,9-10,13-14H2,1H3,(H,25,26)/t17-,18-,21+,22+/m0/s1. The Balaban J connectivity index is 1.39. The minimum absolute atomic E-state index is 0.0175. The van der Waals surface area contributed by atoms with Crippen LogP contribution in [0.5, 0.6) is 0 Å². The molecule has 0 heterocycles. The molecule has 1 N–H and O–H groups in total. The smallest absolute Gasteiger partial charge is 0.310 e. The van der Waals surface area contributed by atoms with Crippen molar-refractivity contribution in [2.75, 3.05) is 11.9 Å². The Labute approximate surface area is 170 Å². The first kappa shape index (κ1) is 19.4. The van der Waals surface area contributed by atoms with Crippen LogP contribution < -0.4 is 5.32 Å². The van der Waals surface area contributed by atoms with Gasteiger partial charge in [0.1, 0.15) is 0 Å². The van der Waals surface area contributed by atoms with Crippen molar-refractivity contribution >= 4 is 23.3 Å². The number of amides is 1. The Kier molecular flexibility index (Phi) is 5.47. The van der Waals surface area contributed by atoms with Crippen molar-refractivity contribution in [3.8, 4) is 0 Å². The number of carbonyl (C=O) groups is 3. The third kappa shape index (κ3) is 4.09. The van der Waals surface area contributed by atoms with E-state index in [-0.39, 0.29) is 36.1 Å². The molecule has 150 valence electrons. The molecular weight excluding hydrogens is 366 g/mol. The van der Waals surface area contributed by atoms with E-state index in [1.165, 1.54) is 0 Å². The molecule has 5 heteroatoms. The highest BCUT2D eigenvalue weighted by molar-refractivity contribution is 6.01. The van der Waals surface area contributed by atoms with Crippen molar-refractivity contribution in [1.82, 2.24) is 0 Å². The molecule has 5 nitrogen and oxygen atoms in total. The second-order valence-corrected chi connectivity index (χ2v) is 8.14. The Morgan fingerprint density at radius 1 is 0.931 bits per heavy atom. The first-order valence-electron chi connectivity index (χ1n) is 10.2. The first-order chi connectivity index (χ1) is 14.0. The maximum absolute atomic E-state index is 13.1. The van der Waals surface area contributed by atoms with Crippen LogP contribution in [0.2, 0.25) is 0 Å². The van der Waals surface area contributed by atoms with Gasteiger partial charge in [-0.3, -0.25) is 14.4 Å². The highest BCUT2D eigenvalue weighted by atomic mass is 16.5. The van der Waals surface area contributed by atoms with Crippen LogP contribution in [-0.4, -0.2) is 24.3 Å². The molecule has 0 saturated heterocycles. The summed E-state index contributed by atoms with van der Waals surface area (Å²) in [4.78, 5) is 38.1. The molecule has 4 rings (SSSR count). The van der Waals surface area contributed by atoms with Gasteiger partial charge in [0.2, 0.25) is 0 Å². The molecule has 2 saturated carbocycles. The molecule has 0 aliphatic heterocycles. The maximum Gasteiger partial charge on any atom is 0.310 e. The second kappa shape index (κ2) is 8.19. The number of aryl methyl sites for hydroxylation is 1. The molecule has 2 aromatic rings. The lowest BCUT2D eigenvalue weighted by Crippen LogP contribution is -2.37. The SMILES string of the molecule is Cc1ccc(NC(=O)COC(=O)[C@@H]2[C@H]3CC[C@@H](C3)[C@H]2C(=O)c2ccccc2)cc1. The van der Waals surface area contributed by atoms with Gasteiger partial charge in [0, 0.05) is 17.2 Å². The third-order valence-electron chi connectivity index (χ3n) is 6.23. The predicted molar refractivity (Wildman–Crippen MR) is 109 cm³/mol. The second-order valence-electron chi connectivity index (χ2n) is 8.14. The van der Waals surface area contributed by atoms with Gasteiger partial charge in [0.25, 0.3) is 5.91 Å². The van der Waals surface area contributed by atoms with Crippen LogP contribution in [0.4, 0.5) is 5.69 Å². The van der Waals surface area contributed by atoms with E-state index in [4.69, 9.17) is 4.74 Å². The number of hydrogen-bond donors (Lipinski definition) is 1. The zero-order valence-corrected chi connectivity index (χ0v) is 16.5. The Morgan fingerprint density at radius 3 is 2.28 bits per heavy atom. The van der Waals surface area contributed by atoms with Crippen LogP contribution >= 0.6 is 0 Å². The van der Waals surface area contributed by atoms with Crippen molar-refractivity contribution in [3.63, 3.8) is 0 Å². The number of esters is 1. The van der Waals surface area contributed by atoms with Gasteiger partial charge < -0.3 is 10.1 Å². The molecule has 0 aromatic heterocycles. The molecular formula is C24H25NO4. The van der Waals surface area contributed by atoms with Crippen LogP contribution in [0.3, 0.4) is 0 Å². The van der Waals surface area contributed by atoms with Gasteiger partial charge >= 0.3 is 5.97 Å². The van der Waals surface area contributed by atoms with Gasteiger partial charge in [-0.15, -0.1) is 0 Å². The summed E-state index contributed by atoms with van der Waals surface area (Å²) in [5.74, 6) is -1.18. The van der Waals surface area contributed by atoms with Gasteiger partial charge in [-0.1, -0.05) is 48.0 Å². The van der Waals surface area contributed by atoms with Gasteiger partial charge in [-0.2, -0.15) is 0 Å². The van der Waals surface area contributed by atoms with E-state index < -0.39 is 11.9 Å². The van der Waals surface area contributed by atoms with E-state index in [1.54, 1.807) is 24.3 Å². The molecule has 2 aliphatic carbocycles. The summed E-state index contributed by atoms with van der Waals surface area (Å²) in [5, 5.41) is 2.73. The summed E-state index contributed by atoms with van der Waals surface area (Å²) in [6, 6.07) is 16.5. The van der Waals surface area contributed by atoms with Crippen LogP contribution in [0.15, 0.2) is 54.6 Å². The molecule has 0 unspecified atom stereocenters. The molecule has 2 fully saturated rings. The molecule has 0 radical (unpaired) electrons. The lowest BCUT2D eigenvalue weighted by atomic mass is 9.75. The Morgan fingerprint density at radius 2 is 1.59 bits per heavy atom. The van der Waals surface area contributed by atoms with Crippen molar-refractivity contribution in [2.24, 2.45) is 23.7 Å². The van der Waals surface area contributed by atoms with Crippen molar-refractivity contribution in [1.29, 1.82) is 0 Å². The Bertz CT molecular complexity index is 906. The number of benzene rings is 2. The number of hydrogen-bond acceptors (Lipinski definition) is 4. The monoisotopic (exact) mass is 391 g/mol. The largest absolute Gasteiger partial charge is 0.455 e. The van der Waals surface area contributed by atoms with Gasteiger partial charge in [-0.05, 0) is 50.2 Å². The molecule has 2 aliphatic rings. The van der Waals surface area contributed by atoms with Gasteiger partial charge in [0.05, 0.1) is 5.92 Å². The fraction of sp³-hybridized carbons (Fsp3) is 0.375. The molecule has 4 atom stereocenters. The quantitative estimate of drug-likeness (QED) is 0.596. The van der Waals surface area contributed by atoms with Crippen LogP contribution in [0.1, 0.15) is 35.2 Å². The summed E-state index contributed by atoms with van der Waals surface area (Å²) in [6.07, 6.45) is 2.81. The zero-order chi connectivity index (χ0) is 20.4. The predicted octanol–water partition coefficient (Wildman–Crippen LogP) is 4.02.